The van der Waals surface area contributed by atoms with E-state index in [-0.39, 0.29) is 23.0 Å². The molecule has 1 aliphatic rings. The highest BCUT2D eigenvalue weighted by Crippen LogP contribution is 2.34. The molecule has 6 heteroatoms. The quantitative estimate of drug-likeness (QED) is 0.312. The topological polar surface area (TPSA) is 70.8 Å². The number of rotatable bonds is 8. The lowest BCUT2D eigenvalue weighted by Crippen LogP contribution is -2.33. The summed E-state index contributed by atoms with van der Waals surface area (Å²) in [5.41, 5.74) is 12.4. The van der Waals surface area contributed by atoms with Crippen molar-refractivity contribution < 1.29 is 0 Å². The molecule has 0 amide bonds. The molecule has 0 radical (unpaired) electrons. The van der Waals surface area contributed by atoms with Crippen LogP contribution in [0.3, 0.4) is 0 Å². The molecule has 172 valence electrons. The average Bonchev–Trinajstić information content (AvgIpc) is 3.26. The van der Waals surface area contributed by atoms with Crippen molar-refractivity contribution in [1.82, 2.24) is 19.9 Å². The summed E-state index contributed by atoms with van der Waals surface area (Å²) in [4.78, 5) is 15.7. The van der Waals surface area contributed by atoms with E-state index >= 15 is 0 Å². The van der Waals surface area contributed by atoms with Crippen molar-refractivity contribution in [3.05, 3.63) is 95.6 Å². The number of aromatic nitrogens is 3. The van der Waals surface area contributed by atoms with E-state index in [1.54, 1.807) is 0 Å². The molecule has 3 N–H and O–H groups in total. The number of pyridine rings is 1. The van der Waals surface area contributed by atoms with E-state index in [2.05, 4.69) is 58.4 Å². The second kappa shape index (κ2) is 11.1. The standard InChI is InChI=1S/C27H31N5.BrH/c28-22(20-9-2-1-3-10-20)13-8-18-32(19-26-30-23-14-4-5-15-24(23)31-26)25-16-6-11-21-12-7-17-29-27(21)25;/h1-5,7,9-10,12,14-15,17,22,25H,6,8,11,13,16,18-19,28H2,(H,30,31);1H. The second-order valence-electron chi connectivity index (χ2n) is 8.79. The molecule has 2 aromatic carbocycles. The zero-order valence-electron chi connectivity index (χ0n) is 18.9. The number of hydrogen-bond acceptors (Lipinski definition) is 4. The first-order valence-corrected chi connectivity index (χ1v) is 11.7. The fraction of sp³-hybridized carbons (Fsp3) is 0.333. The van der Waals surface area contributed by atoms with Crippen LogP contribution in [-0.2, 0) is 13.0 Å². The first kappa shape index (κ1) is 23.6. The molecule has 5 rings (SSSR count). The van der Waals surface area contributed by atoms with Crippen molar-refractivity contribution >= 4 is 28.0 Å². The van der Waals surface area contributed by atoms with Gasteiger partial charge < -0.3 is 10.7 Å². The summed E-state index contributed by atoms with van der Waals surface area (Å²) in [6, 6.07) is 23.3. The number of imidazole rings is 1. The van der Waals surface area contributed by atoms with Gasteiger partial charge in [0.15, 0.2) is 0 Å². The first-order chi connectivity index (χ1) is 15.8. The fourth-order valence-corrected chi connectivity index (χ4v) is 4.94. The third-order valence-electron chi connectivity index (χ3n) is 6.59. The van der Waals surface area contributed by atoms with E-state index in [0.717, 1.165) is 55.6 Å². The lowest BCUT2D eigenvalue weighted by atomic mass is 9.90. The summed E-state index contributed by atoms with van der Waals surface area (Å²) in [7, 11) is 0. The first-order valence-electron chi connectivity index (χ1n) is 11.7. The van der Waals surface area contributed by atoms with Crippen molar-refractivity contribution in [3.63, 3.8) is 0 Å². The van der Waals surface area contributed by atoms with Crippen LogP contribution >= 0.6 is 17.0 Å². The highest BCUT2D eigenvalue weighted by atomic mass is 79.9. The number of nitrogens with two attached hydrogens (primary N) is 1. The van der Waals surface area contributed by atoms with Gasteiger partial charge >= 0.3 is 0 Å². The molecule has 0 saturated carbocycles. The molecule has 5 nitrogen and oxygen atoms in total. The van der Waals surface area contributed by atoms with Crippen LogP contribution in [0.1, 0.15) is 60.4 Å². The van der Waals surface area contributed by atoms with E-state index in [1.807, 2.05) is 24.4 Å². The predicted octanol–water partition coefficient (Wildman–Crippen LogP) is 5.90. The molecule has 33 heavy (non-hydrogen) atoms. The number of nitrogens with zero attached hydrogens (tertiary/aromatic N) is 3. The van der Waals surface area contributed by atoms with Gasteiger partial charge in [0.1, 0.15) is 5.82 Å². The minimum Gasteiger partial charge on any atom is -0.341 e. The molecular weight excluding hydrogens is 474 g/mol. The Kier molecular flexibility index (Phi) is 7.91. The normalized spacial score (nSPS) is 16.4. The minimum absolute atomic E-state index is 0. The van der Waals surface area contributed by atoms with Gasteiger partial charge in [-0.25, -0.2) is 4.98 Å². The van der Waals surface area contributed by atoms with Gasteiger partial charge in [-0.2, -0.15) is 0 Å². The lowest BCUT2D eigenvalue weighted by Gasteiger charge is -2.34. The number of benzene rings is 2. The third kappa shape index (κ3) is 5.52. The van der Waals surface area contributed by atoms with E-state index in [9.17, 15) is 0 Å². The Bertz CT molecular complexity index is 1130. The number of aromatic amines is 1. The number of nitrogens with one attached hydrogen (secondary N) is 1. The Morgan fingerprint density at radius 2 is 1.85 bits per heavy atom. The van der Waals surface area contributed by atoms with Crippen molar-refractivity contribution in [3.8, 4) is 0 Å². The van der Waals surface area contributed by atoms with Gasteiger partial charge in [-0.05, 0) is 68.0 Å². The second-order valence-corrected chi connectivity index (χ2v) is 8.79. The van der Waals surface area contributed by atoms with Gasteiger partial charge in [0.2, 0.25) is 0 Å². The fourth-order valence-electron chi connectivity index (χ4n) is 4.94. The molecule has 0 spiro atoms. The van der Waals surface area contributed by atoms with Crippen LogP contribution in [0.5, 0.6) is 0 Å². The van der Waals surface area contributed by atoms with Crippen LogP contribution in [0.2, 0.25) is 0 Å². The summed E-state index contributed by atoms with van der Waals surface area (Å²) in [6.07, 6.45) is 7.38. The van der Waals surface area contributed by atoms with Gasteiger partial charge in [0.05, 0.1) is 29.3 Å². The van der Waals surface area contributed by atoms with Crippen LogP contribution in [0.15, 0.2) is 72.9 Å². The maximum absolute atomic E-state index is 6.49. The number of H-pyrrole nitrogens is 1. The molecule has 0 bridgehead atoms. The Morgan fingerprint density at radius 1 is 1.03 bits per heavy atom. The van der Waals surface area contributed by atoms with Crippen molar-refractivity contribution in [1.29, 1.82) is 0 Å². The largest absolute Gasteiger partial charge is 0.341 e. The smallest absolute Gasteiger partial charge is 0.121 e. The van der Waals surface area contributed by atoms with Crippen LogP contribution in [0, 0.1) is 0 Å². The van der Waals surface area contributed by atoms with E-state index in [0.29, 0.717) is 6.04 Å². The van der Waals surface area contributed by atoms with Crippen LogP contribution in [-0.4, -0.2) is 26.4 Å². The van der Waals surface area contributed by atoms with Crippen LogP contribution in [0.25, 0.3) is 11.0 Å². The molecule has 4 aromatic rings. The van der Waals surface area contributed by atoms with Gasteiger partial charge in [-0.1, -0.05) is 48.5 Å². The van der Waals surface area contributed by atoms with E-state index in [4.69, 9.17) is 15.7 Å². The molecule has 0 aliphatic heterocycles. The molecule has 2 atom stereocenters. The molecule has 2 unspecified atom stereocenters. The monoisotopic (exact) mass is 505 g/mol. The zero-order valence-corrected chi connectivity index (χ0v) is 20.6. The van der Waals surface area contributed by atoms with Crippen LogP contribution < -0.4 is 5.73 Å². The number of halogens is 1. The summed E-state index contributed by atoms with van der Waals surface area (Å²) >= 11 is 0. The number of aryl methyl sites for hydroxylation is 1. The maximum Gasteiger partial charge on any atom is 0.121 e. The Morgan fingerprint density at radius 3 is 2.70 bits per heavy atom. The van der Waals surface area contributed by atoms with Crippen LogP contribution in [0.4, 0.5) is 0 Å². The van der Waals surface area contributed by atoms with Gasteiger partial charge in [0.25, 0.3) is 0 Å². The predicted molar refractivity (Wildman–Crippen MR) is 139 cm³/mol. The summed E-state index contributed by atoms with van der Waals surface area (Å²) in [5, 5.41) is 0. The molecule has 0 fully saturated rings. The summed E-state index contributed by atoms with van der Waals surface area (Å²) in [6.45, 7) is 1.76. The van der Waals surface area contributed by atoms with Crippen molar-refractivity contribution in [2.75, 3.05) is 6.54 Å². The zero-order chi connectivity index (χ0) is 21.8. The van der Waals surface area contributed by atoms with E-state index in [1.165, 1.54) is 23.2 Å². The molecular formula is C27H32BrN5. The lowest BCUT2D eigenvalue weighted by molar-refractivity contribution is 0.158. The van der Waals surface area contributed by atoms with Crippen molar-refractivity contribution in [2.24, 2.45) is 5.73 Å². The number of fused-ring (bicyclic) bond motifs is 2. The van der Waals surface area contributed by atoms with Gasteiger partial charge in [0, 0.05) is 12.2 Å². The summed E-state index contributed by atoms with van der Waals surface area (Å²) in [5.74, 6) is 1.02. The minimum atomic E-state index is 0. The highest BCUT2D eigenvalue weighted by molar-refractivity contribution is 8.93. The Labute approximate surface area is 206 Å². The Balaban J connectivity index is 0.00000259. The number of para-hydroxylation sites is 2. The third-order valence-corrected chi connectivity index (χ3v) is 6.59. The molecule has 2 heterocycles. The molecule has 2 aromatic heterocycles. The summed E-state index contributed by atoms with van der Waals surface area (Å²) < 4.78 is 0. The maximum atomic E-state index is 6.49. The number of hydrogen-bond donors (Lipinski definition) is 2. The molecule has 1 aliphatic carbocycles. The van der Waals surface area contributed by atoms with Gasteiger partial charge in [-0.15, -0.1) is 17.0 Å². The highest BCUT2D eigenvalue weighted by Gasteiger charge is 2.27. The molecule has 0 saturated heterocycles. The van der Waals surface area contributed by atoms with Gasteiger partial charge in [-0.3, -0.25) is 9.88 Å². The van der Waals surface area contributed by atoms with E-state index < -0.39 is 0 Å². The van der Waals surface area contributed by atoms with Crippen molar-refractivity contribution in [2.45, 2.75) is 50.7 Å². The Hall–Kier alpha value is -2.54. The SMILES string of the molecule is Br.NC(CCCN(Cc1nc2ccccc2[nH]1)C1CCCc2cccnc21)c1ccccc1. The average molecular weight is 506 g/mol.